The lowest BCUT2D eigenvalue weighted by Gasteiger charge is -2.26. The summed E-state index contributed by atoms with van der Waals surface area (Å²) in [6, 6.07) is 9.71. The Morgan fingerprint density at radius 3 is 2.38 bits per heavy atom. The van der Waals surface area contributed by atoms with E-state index in [9.17, 15) is 8.42 Å². The molecule has 0 aromatic heterocycles. The Morgan fingerprint density at radius 2 is 1.69 bits per heavy atom. The number of fused-ring (bicyclic) bond motifs is 1. The lowest BCUT2D eigenvalue weighted by atomic mass is 10.0. The minimum Gasteiger partial charge on any atom is -0.497 e. The molecule has 1 atom stereocenters. The van der Waals surface area contributed by atoms with Gasteiger partial charge in [0.25, 0.3) is 0 Å². The average Bonchev–Trinajstić information content (AvgIpc) is 2.66. The van der Waals surface area contributed by atoms with Gasteiger partial charge in [0.1, 0.15) is 34.5 Å². The highest BCUT2D eigenvalue weighted by molar-refractivity contribution is 7.89. The molecule has 1 aliphatic rings. The second-order valence-corrected chi connectivity index (χ2v) is 7.51. The van der Waals surface area contributed by atoms with E-state index in [0.717, 1.165) is 11.3 Å². The zero-order valence-electron chi connectivity index (χ0n) is 14.8. The number of benzene rings is 2. The zero-order valence-corrected chi connectivity index (χ0v) is 15.6. The van der Waals surface area contributed by atoms with E-state index >= 15 is 0 Å². The van der Waals surface area contributed by atoms with Crippen LogP contribution in [0.2, 0.25) is 0 Å². The van der Waals surface area contributed by atoms with Gasteiger partial charge in [0, 0.05) is 6.07 Å². The van der Waals surface area contributed by atoms with Gasteiger partial charge in [-0.3, -0.25) is 0 Å². The summed E-state index contributed by atoms with van der Waals surface area (Å²) in [5.74, 6) is 2.11. The van der Waals surface area contributed by atoms with Gasteiger partial charge < -0.3 is 18.9 Å². The predicted molar refractivity (Wildman–Crippen MR) is 95.8 cm³/mol. The quantitative estimate of drug-likeness (QED) is 0.827. The van der Waals surface area contributed by atoms with Gasteiger partial charge in [-0.05, 0) is 42.3 Å². The second-order valence-electron chi connectivity index (χ2n) is 5.82. The SMILES string of the molecule is COc1ccc2c(c1)C[C@H](NS(=O)(=O)c1cc(OC)ccc1OC)CO2. The first kappa shape index (κ1) is 18.3. The van der Waals surface area contributed by atoms with Gasteiger partial charge in [0.2, 0.25) is 10.0 Å². The van der Waals surface area contributed by atoms with Crippen LogP contribution in [0.3, 0.4) is 0 Å². The van der Waals surface area contributed by atoms with Gasteiger partial charge in [0.05, 0.1) is 27.4 Å². The normalized spacial score (nSPS) is 16.3. The molecule has 3 rings (SSSR count). The van der Waals surface area contributed by atoms with Crippen molar-refractivity contribution < 1.29 is 27.4 Å². The van der Waals surface area contributed by atoms with Gasteiger partial charge in [0.15, 0.2) is 0 Å². The molecule has 0 fully saturated rings. The molecule has 1 N–H and O–H groups in total. The van der Waals surface area contributed by atoms with Crippen molar-refractivity contribution in [2.75, 3.05) is 27.9 Å². The molecular weight excluding hydrogens is 358 g/mol. The fourth-order valence-electron chi connectivity index (χ4n) is 2.85. The monoisotopic (exact) mass is 379 g/mol. The molecule has 1 aliphatic heterocycles. The molecule has 0 saturated heterocycles. The molecule has 0 amide bonds. The van der Waals surface area contributed by atoms with Crippen LogP contribution in [0.4, 0.5) is 0 Å². The van der Waals surface area contributed by atoms with Crippen LogP contribution in [-0.2, 0) is 16.4 Å². The van der Waals surface area contributed by atoms with E-state index in [0.29, 0.717) is 17.9 Å². The summed E-state index contributed by atoms with van der Waals surface area (Å²) in [4.78, 5) is 0.0239. The summed E-state index contributed by atoms with van der Waals surface area (Å²) in [5.41, 5.74) is 0.890. The molecule has 0 unspecified atom stereocenters. The number of ether oxygens (including phenoxy) is 4. The Bertz CT molecular complexity index is 897. The summed E-state index contributed by atoms with van der Waals surface area (Å²) in [6.45, 7) is 0.241. The molecule has 2 aromatic rings. The standard InChI is InChI=1S/C18H21NO6S/c1-22-14-4-6-16-12(9-14)8-13(11-25-16)19-26(20,21)18-10-15(23-2)5-7-17(18)24-3/h4-7,9-10,13,19H,8,11H2,1-3H3/t13-/m0/s1. The van der Waals surface area contributed by atoms with Crippen LogP contribution in [0, 0.1) is 0 Å². The maximum atomic E-state index is 12.9. The molecule has 0 spiro atoms. The number of hydrogen-bond acceptors (Lipinski definition) is 6. The Kier molecular flexibility index (Phi) is 5.24. The zero-order chi connectivity index (χ0) is 18.7. The van der Waals surface area contributed by atoms with Crippen LogP contribution in [0.1, 0.15) is 5.56 Å². The molecule has 26 heavy (non-hydrogen) atoms. The van der Waals surface area contributed by atoms with Gasteiger partial charge in [-0.2, -0.15) is 0 Å². The van der Waals surface area contributed by atoms with E-state index < -0.39 is 16.1 Å². The molecule has 2 aromatic carbocycles. The molecular formula is C18H21NO6S. The van der Waals surface area contributed by atoms with Crippen molar-refractivity contribution >= 4 is 10.0 Å². The largest absolute Gasteiger partial charge is 0.497 e. The van der Waals surface area contributed by atoms with Crippen molar-refractivity contribution in [3.05, 3.63) is 42.0 Å². The second kappa shape index (κ2) is 7.43. The fraction of sp³-hybridized carbons (Fsp3) is 0.333. The predicted octanol–water partition coefficient (Wildman–Crippen LogP) is 1.99. The van der Waals surface area contributed by atoms with Gasteiger partial charge in [-0.25, -0.2) is 13.1 Å². The summed E-state index contributed by atoms with van der Waals surface area (Å²) in [7, 11) is 0.665. The summed E-state index contributed by atoms with van der Waals surface area (Å²) in [5, 5.41) is 0. The third-order valence-electron chi connectivity index (χ3n) is 4.16. The number of sulfonamides is 1. The average molecular weight is 379 g/mol. The molecule has 8 heteroatoms. The fourth-order valence-corrected chi connectivity index (χ4v) is 4.26. The van der Waals surface area contributed by atoms with Crippen molar-refractivity contribution in [2.24, 2.45) is 0 Å². The Hall–Kier alpha value is -2.45. The summed E-state index contributed by atoms with van der Waals surface area (Å²) >= 11 is 0. The number of nitrogens with one attached hydrogen (secondary N) is 1. The van der Waals surface area contributed by atoms with Crippen molar-refractivity contribution in [1.29, 1.82) is 0 Å². The van der Waals surface area contributed by atoms with E-state index in [-0.39, 0.29) is 17.3 Å². The van der Waals surface area contributed by atoms with E-state index in [4.69, 9.17) is 18.9 Å². The third kappa shape index (κ3) is 3.71. The first-order valence-electron chi connectivity index (χ1n) is 8.01. The van der Waals surface area contributed by atoms with E-state index in [1.807, 2.05) is 18.2 Å². The Labute approximate surface area is 152 Å². The minimum atomic E-state index is -3.82. The molecule has 0 aliphatic carbocycles. The first-order valence-corrected chi connectivity index (χ1v) is 9.49. The summed E-state index contributed by atoms with van der Waals surface area (Å²) in [6.07, 6.45) is 0.498. The lowest BCUT2D eigenvalue weighted by Crippen LogP contribution is -2.42. The first-order chi connectivity index (χ1) is 12.5. The van der Waals surface area contributed by atoms with Crippen molar-refractivity contribution in [3.8, 4) is 23.0 Å². The molecule has 0 saturated carbocycles. The van der Waals surface area contributed by atoms with Crippen LogP contribution in [0.15, 0.2) is 41.3 Å². The number of hydrogen-bond donors (Lipinski definition) is 1. The maximum Gasteiger partial charge on any atom is 0.244 e. The van der Waals surface area contributed by atoms with Crippen LogP contribution >= 0.6 is 0 Å². The van der Waals surface area contributed by atoms with E-state index in [2.05, 4.69) is 4.72 Å². The van der Waals surface area contributed by atoms with Crippen molar-refractivity contribution in [3.63, 3.8) is 0 Å². The highest BCUT2D eigenvalue weighted by Gasteiger charge is 2.28. The van der Waals surface area contributed by atoms with Gasteiger partial charge in [-0.1, -0.05) is 0 Å². The van der Waals surface area contributed by atoms with E-state index in [1.165, 1.54) is 20.3 Å². The van der Waals surface area contributed by atoms with E-state index in [1.54, 1.807) is 19.2 Å². The van der Waals surface area contributed by atoms with Crippen molar-refractivity contribution in [2.45, 2.75) is 17.4 Å². The lowest BCUT2D eigenvalue weighted by molar-refractivity contribution is 0.253. The smallest absolute Gasteiger partial charge is 0.244 e. The van der Waals surface area contributed by atoms with Crippen LogP contribution < -0.4 is 23.7 Å². The Morgan fingerprint density at radius 1 is 1.00 bits per heavy atom. The number of methoxy groups -OCH3 is 3. The molecule has 1 heterocycles. The minimum absolute atomic E-state index is 0.0239. The van der Waals surface area contributed by atoms with Crippen LogP contribution in [0.5, 0.6) is 23.0 Å². The highest BCUT2D eigenvalue weighted by Crippen LogP contribution is 2.31. The topological polar surface area (TPSA) is 83.1 Å². The third-order valence-corrected chi connectivity index (χ3v) is 5.70. The van der Waals surface area contributed by atoms with Crippen LogP contribution in [-0.4, -0.2) is 42.4 Å². The van der Waals surface area contributed by atoms with Crippen LogP contribution in [0.25, 0.3) is 0 Å². The maximum absolute atomic E-state index is 12.9. The summed E-state index contributed by atoms with van der Waals surface area (Å²) < 4.78 is 49.6. The molecule has 0 bridgehead atoms. The van der Waals surface area contributed by atoms with Gasteiger partial charge >= 0.3 is 0 Å². The van der Waals surface area contributed by atoms with Crippen molar-refractivity contribution in [1.82, 2.24) is 4.72 Å². The molecule has 140 valence electrons. The molecule has 7 nitrogen and oxygen atoms in total. The Balaban J connectivity index is 1.84. The van der Waals surface area contributed by atoms with Gasteiger partial charge in [-0.15, -0.1) is 0 Å². The number of rotatable bonds is 6. The highest BCUT2D eigenvalue weighted by atomic mass is 32.2. The molecule has 0 radical (unpaired) electrons.